The number of likely N-dealkylation sites (N-methyl/N-ethyl adjacent to an activating group) is 2. The molecule has 5 amide bonds. The number of ether oxygens (including phenoxy) is 1. The zero-order valence-corrected chi connectivity index (χ0v) is 27.8. The van der Waals surface area contributed by atoms with Gasteiger partial charge in [-0.1, -0.05) is 40.5 Å². The van der Waals surface area contributed by atoms with E-state index in [4.69, 9.17) is 4.74 Å². The van der Waals surface area contributed by atoms with Crippen molar-refractivity contribution in [1.82, 2.24) is 25.3 Å². The standard InChI is InChI=1S/C31H53N5O8/c1-10-18(3)24-29(41)35(9)25(19(4)11-2)30(42)34(8)20(5)26(38)32-15-14-23(37)44-22(17-31(6,7)43)28(40)36-16-12-13-21(36)27(39)33-24/h18-22,24-25,43H,10-17H2,1-9H3,(H,32,38)(H,33,39)/t18?,19?,20-,21-,22+,24-,25-/m0/s1. The van der Waals surface area contributed by atoms with Gasteiger partial charge >= 0.3 is 5.97 Å². The minimum atomic E-state index is -1.36. The number of nitrogens with one attached hydrogen (secondary N) is 2. The summed E-state index contributed by atoms with van der Waals surface area (Å²) in [5.41, 5.74) is -1.36. The van der Waals surface area contributed by atoms with Crippen molar-refractivity contribution in [2.45, 2.75) is 123 Å². The normalized spacial score (nSPS) is 28.8. The van der Waals surface area contributed by atoms with Gasteiger partial charge in [-0.15, -0.1) is 0 Å². The first kappa shape index (κ1) is 37.0. The maximum Gasteiger partial charge on any atom is 0.308 e. The predicted molar refractivity (Wildman–Crippen MR) is 163 cm³/mol. The van der Waals surface area contributed by atoms with Gasteiger partial charge in [-0.2, -0.15) is 0 Å². The zero-order valence-electron chi connectivity index (χ0n) is 27.8. The van der Waals surface area contributed by atoms with Crippen LogP contribution in [0, 0.1) is 11.8 Å². The highest BCUT2D eigenvalue weighted by atomic mass is 16.5. The Morgan fingerprint density at radius 1 is 0.932 bits per heavy atom. The van der Waals surface area contributed by atoms with Crippen LogP contribution in [0.1, 0.15) is 87.0 Å². The fraction of sp³-hybridized carbons (Fsp3) is 0.806. The molecule has 250 valence electrons. The third kappa shape index (κ3) is 9.15. The van der Waals surface area contributed by atoms with Crippen LogP contribution in [-0.4, -0.2) is 118 Å². The summed E-state index contributed by atoms with van der Waals surface area (Å²) < 4.78 is 5.51. The summed E-state index contributed by atoms with van der Waals surface area (Å²) in [6.07, 6.45) is 0.200. The summed E-state index contributed by atoms with van der Waals surface area (Å²) in [6, 6.07) is -3.71. The number of nitrogens with zero attached hydrogens (tertiary/aromatic N) is 3. The molecule has 2 fully saturated rings. The average Bonchev–Trinajstić information content (AvgIpc) is 3.46. The predicted octanol–water partition coefficient (Wildman–Crippen LogP) is 0.821. The summed E-state index contributed by atoms with van der Waals surface area (Å²) in [6.45, 7) is 12.2. The van der Waals surface area contributed by atoms with E-state index in [2.05, 4.69) is 10.6 Å². The van der Waals surface area contributed by atoms with Gasteiger partial charge in [0.2, 0.25) is 23.6 Å². The molecular formula is C31H53N5O8. The lowest BCUT2D eigenvalue weighted by atomic mass is 9.92. The fourth-order valence-electron chi connectivity index (χ4n) is 5.65. The fourth-order valence-corrected chi connectivity index (χ4v) is 5.65. The van der Waals surface area contributed by atoms with Gasteiger partial charge < -0.3 is 35.2 Å². The Balaban J connectivity index is 2.58. The Bertz CT molecular complexity index is 1080. The third-order valence-electron chi connectivity index (χ3n) is 8.99. The highest BCUT2D eigenvalue weighted by molar-refractivity contribution is 5.96. The van der Waals surface area contributed by atoms with E-state index in [-0.39, 0.29) is 37.8 Å². The van der Waals surface area contributed by atoms with Gasteiger partial charge in [0.15, 0.2) is 6.10 Å². The first-order valence-electron chi connectivity index (χ1n) is 15.8. The van der Waals surface area contributed by atoms with E-state index in [1.165, 1.54) is 42.6 Å². The second kappa shape index (κ2) is 15.7. The highest BCUT2D eigenvalue weighted by Gasteiger charge is 2.43. The minimum Gasteiger partial charge on any atom is -0.452 e. The van der Waals surface area contributed by atoms with E-state index in [9.17, 15) is 33.9 Å². The molecule has 0 aliphatic carbocycles. The van der Waals surface area contributed by atoms with Gasteiger partial charge in [0.05, 0.1) is 12.0 Å². The maximum absolute atomic E-state index is 14.1. The lowest BCUT2D eigenvalue weighted by Gasteiger charge is -2.38. The molecular weight excluding hydrogens is 570 g/mol. The van der Waals surface area contributed by atoms with Gasteiger partial charge in [0, 0.05) is 33.6 Å². The first-order valence-corrected chi connectivity index (χ1v) is 15.8. The van der Waals surface area contributed by atoms with Crippen LogP contribution in [-0.2, 0) is 33.5 Å². The Morgan fingerprint density at radius 2 is 1.55 bits per heavy atom. The number of fused-ring (bicyclic) bond motifs is 1. The molecule has 0 aromatic carbocycles. The lowest BCUT2D eigenvalue weighted by molar-refractivity contribution is -0.164. The molecule has 13 nitrogen and oxygen atoms in total. The molecule has 2 aliphatic rings. The summed E-state index contributed by atoms with van der Waals surface area (Å²) >= 11 is 0. The van der Waals surface area contributed by atoms with Gasteiger partial charge in [0.25, 0.3) is 5.91 Å². The quantitative estimate of drug-likeness (QED) is 0.366. The van der Waals surface area contributed by atoms with E-state index in [0.717, 1.165) is 0 Å². The van der Waals surface area contributed by atoms with E-state index in [1.807, 2.05) is 27.7 Å². The summed E-state index contributed by atoms with van der Waals surface area (Å²) in [7, 11) is 3.03. The van der Waals surface area contributed by atoms with Crippen LogP contribution < -0.4 is 10.6 Å². The summed E-state index contributed by atoms with van der Waals surface area (Å²) in [4.78, 5) is 85.1. The molecule has 3 N–H and O–H groups in total. The van der Waals surface area contributed by atoms with Gasteiger partial charge in [-0.05, 0) is 45.4 Å². The number of aliphatic hydroxyl groups is 1. The van der Waals surface area contributed by atoms with Crippen molar-refractivity contribution >= 4 is 35.5 Å². The van der Waals surface area contributed by atoms with Crippen molar-refractivity contribution in [1.29, 1.82) is 0 Å². The topological polar surface area (TPSA) is 166 Å². The van der Waals surface area contributed by atoms with Crippen LogP contribution in [0.15, 0.2) is 0 Å². The van der Waals surface area contributed by atoms with Crippen LogP contribution in [0.5, 0.6) is 0 Å². The van der Waals surface area contributed by atoms with Gasteiger partial charge in [-0.25, -0.2) is 0 Å². The van der Waals surface area contributed by atoms with Crippen molar-refractivity contribution in [3.63, 3.8) is 0 Å². The largest absolute Gasteiger partial charge is 0.452 e. The van der Waals surface area contributed by atoms with E-state index in [0.29, 0.717) is 25.7 Å². The molecule has 0 aromatic rings. The Labute approximate surface area is 261 Å². The second-order valence-electron chi connectivity index (χ2n) is 13.0. The number of carbonyl (C=O) groups excluding carboxylic acids is 6. The Kier molecular flexibility index (Phi) is 13.2. The van der Waals surface area contributed by atoms with E-state index < -0.39 is 71.4 Å². The van der Waals surface area contributed by atoms with Crippen LogP contribution in [0.4, 0.5) is 0 Å². The van der Waals surface area contributed by atoms with Crippen molar-refractivity contribution in [2.75, 3.05) is 27.2 Å². The van der Waals surface area contributed by atoms with Crippen molar-refractivity contribution < 1.29 is 38.6 Å². The van der Waals surface area contributed by atoms with E-state index >= 15 is 0 Å². The van der Waals surface area contributed by atoms with Crippen LogP contribution in [0.2, 0.25) is 0 Å². The number of esters is 1. The number of carbonyl (C=O) groups is 6. The maximum atomic E-state index is 14.1. The van der Waals surface area contributed by atoms with Crippen molar-refractivity contribution in [2.24, 2.45) is 11.8 Å². The van der Waals surface area contributed by atoms with Crippen LogP contribution >= 0.6 is 0 Å². The molecule has 7 atom stereocenters. The molecule has 0 radical (unpaired) electrons. The Morgan fingerprint density at radius 3 is 2.11 bits per heavy atom. The molecule has 2 unspecified atom stereocenters. The second-order valence-corrected chi connectivity index (χ2v) is 13.0. The van der Waals surface area contributed by atoms with Crippen molar-refractivity contribution in [3.05, 3.63) is 0 Å². The molecule has 2 heterocycles. The monoisotopic (exact) mass is 623 g/mol. The summed E-state index contributed by atoms with van der Waals surface area (Å²) in [5.74, 6) is -3.82. The first-order chi connectivity index (χ1) is 20.4. The minimum absolute atomic E-state index is 0.105. The van der Waals surface area contributed by atoms with Crippen LogP contribution in [0.3, 0.4) is 0 Å². The lowest BCUT2D eigenvalue weighted by Crippen LogP contribution is -2.61. The molecule has 0 spiro atoms. The molecule has 2 aliphatic heterocycles. The molecule has 0 saturated carbocycles. The molecule has 13 heteroatoms. The number of rotatable bonds is 6. The van der Waals surface area contributed by atoms with E-state index in [1.54, 1.807) is 6.92 Å². The zero-order chi connectivity index (χ0) is 33.5. The van der Waals surface area contributed by atoms with Crippen molar-refractivity contribution in [3.8, 4) is 0 Å². The SMILES string of the molecule is CCC(C)[C@@H]1NC(=O)[C@@H]2CCCN2C(=O)[C@@H](CC(C)(C)O)OC(=O)CCNC(=O)[C@H](C)N(C)C(=O)[C@H](C(C)CC)N(C)C1=O. The molecule has 2 saturated heterocycles. The number of amides is 5. The van der Waals surface area contributed by atoms with Crippen LogP contribution in [0.25, 0.3) is 0 Å². The average molecular weight is 624 g/mol. The van der Waals surface area contributed by atoms with Gasteiger partial charge in [0.1, 0.15) is 24.2 Å². The third-order valence-corrected chi connectivity index (χ3v) is 8.99. The molecule has 0 bridgehead atoms. The molecule has 44 heavy (non-hydrogen) atoms. The smallest absolute Gasteiger partial charge is 0.308 e. The summed E-state index contributed by atoms with van der Waals surface area (Å²) in [5, 5.41) is 16.0. The highest BCUT2D eigenvalue weighted by Crippen LogP contribution is 2.25. The molecule has 0 aromatic heterocycles. The van der Waals surface area contributed by atoms with Gasteiger partial charge in [-0.3, -0.25) is 28.8 Å². The number of hydrogen-bond donors (Lipinski definition) is 3. The Hall–Kier alpha value is -3.22. The number of cyclic esters (lactones) is 1. The molecule has 2 rings (SSSR count). The number of hydrogen-bond acceptors (Lipinski definition) is 8.